The molecule has 0 aliphatic rings. The van der Waals surface area contributed by atoms with Crippen LogP contribution in [0.3, 0.4) is 0 Å². The Kier molecular flexibility index (Phi) is 13.1. The summed E-state index contributed by atoms with van der Waals surface area (Å²) in [6.45, 7) is 10.3. The minimum absolute atomic E-state index is 0.334. The number of hydrogen-bond donors (Lipinski definition) is 2. The van der Waals surface area contributed by atoms with Gasteiger partial charge in [0.05, 0.1) is 5.69 Å². The fraction of sp³-hybridized carbons (Fsp3) is 0.296. The van der Waals surface area contributed by atoms with Crippen LogP contribution in [-0.4, -0.2) is 31.7 Å². The molecule has 0 aliphatic heterocycles. The van der Waals surface area contributed by atoms with Crippen LogP contribution in [0.4, 0.5) is 32.9 Å². The first-order chi connectivity index (χ1) is 18.6. The largest absolute Gasteiger partial charge is 0.458 e. The highest BCUT2D eigenvalue weighted by Gasteiger charge is 2.58. The lowest BCUT2D eigenvalue weighted by molar-refractivity contribution is -0.289. The molecule has 4 rings (SSSR count). The number of halogens is 5. The standard InChI is InChI=1S/C21H17F5N6S.2C2H6.C2H2/c1-13-12-17(33-31-13)27-9-3-10-28-19-29-18-16(4-2-11-32(18)30-19)14-5-7-15(8-6-14)20(22,23)21(24,25)26;3*1-2/h2-9,11-12,27H,10H2,1H3,(H,28,30);2*1-2H3;1-2H/b9-3+;;;. The zero-order valence-corrected chi connectivity index (χ0v) is 23.0. The van der Waals surface area contributed by atoms with Gasteiger partial charge in [-0.05, 0) is 54.5 Å². The third kappa shape index (κ3) is 8.51. The molecule has 0 saturated heterocycles. The predicted molar refractivity (Wildman–Crippen MR) is 149 cm³/mol. The second-order valence-electron chi connectivity index (χ2n) is 7.04. The predicted octanol–water partition coefficient (Wildman–Crippen LogP) is 8.15. The Morgan fingerprint density at radius 3 is 2.21 bits per heavy atom. The van der Waals surface area contributed by atoms with Gasteiger partial charge in [0.25, 0.3) is 0 Å². The molecule has 0 unspecified atom stereocenters. The molecular formula is C27H31F5N6S. The van der Waals surface area contributed by atoms with E-state index in [1.807, 2.05) is 46.8 Å². The topological polar surface area (TPSA) is 67.1 Å². The Morgan fingerprint density at radius 1 is 1.00 bits per heavy atom. The molecular weight excluding hydrogens is 535 g/mol. The molecule has 3 heterocycles. The Morgan fingerprint density at radius 2 is 1.64 bits per heavy atom. The van der Waals surface area contributed by atoms with Crippen LogP contribution >= 0.6 is 11.5 Å². The van der Waals surface area contributed by atoms with Gasteiger partial charge >= 0.3 is 12.1 Å². The minimum atomic E-state index is -5.66. The first-order valence-electron chi connectivity index (χ1n) is 12.0. The van der Waals surface area contributed by atoms with Crippen molar-refractivity contribution in [2.75, 3.05) is 17.2 Å². The van der Waals surface area contributed by atoms with Crippen LogP contribution < -0.4 is 10.6 Å². The fourth-order valence-corrected chi connectivity index (χ4v) is 3.65. The van der Waals surface area contributed by atoms with E-state index in [1.165, 1.54) is 28.2 Å². The SMILES string of the molecule is C#C.CC.CC.Cc1cc(N/C=C/CNc2nc3c(-c4ccc(C(F)(F)C(F)(F)F)cc4)cccn3n2)sn1. The molecule has 0 aliphatic carbocycles. The number of nitrogens with zero attached hydrogens (tertiary/aromatic N) is 4. The molecule has 0 radical (unpaired) electrons. The molecule has 4 aromatic rings. The van der Waals surface area contributed by atoms with Crippen molar-refractivity contribution in [3.8, 4) is 24.0 Å². The molecule has 0 bridgehead atoms. The smallest absolute Gasteiger partial charge is 0.353 e. The Bertz CT molecular complexity index is 1320. The highest BCUT2D eigenvalue weighted by molar-refractivity contribution is 7.10. The molecule has 0 spiro atoms. The maximum absolute atomic E-state index is 13.6. The van der Waals surface area contributed by atoms with Gasteiger partial charge in [0.15, 0.2) is 5.65 Å². The van der Waals surface area contributed by atoms with Crippen LogP contribution in [0.2, 0.25) is 0 Å². The molecule has 0 amide bonds. The lowest BCUT2D eigenvalue weighted by Crippen LogP contribution is -2.33. The number of terminal acetylenes is 1. The van der Waals surface area contributed by atoms with E-state index in [-0.39, 0.29) is 0 Å². The summed E-state index contributed by atoms with van der Waals surface area (Å²) in [5.74, 6) is -4.59. The van der Waals surface area contributed by atoms with Crippen molar-refractivity contribution in [1.82, 2.24) is 19.0 Å². The van der Waals surface area contributed by atoms with Gasteiger partial charge in [-0.1, -0.05) is 52.0 Å². The number of hydrogen-bond acceptors (Lipinski definition) is 6. The van der Waals surface area contributed by atoms with E-state index in [4.69, 9.17) is 0 Å². The first-order valence-corrected chi connectivity index (χ1v) is 12.8. The molecule has 0 saturated carbocycles. The highest BCUT2D eigenvalue weighted by Crippen LogP contribution is 2.44. The van der Waals surface area contributed by atoms with Crippen molar-refractivity contribution >= 4 is 28.1 Å². The lowest BCUT2D eigenvalue weighted by atomic mass is 10.0. The zero-order valence-electron chi connectivity index (χ0n) is 22.2. The van der Waals surface area contributed by atoms with E-state index in [2.05, 4.69) is 37.9 Å². The van der Waals surface area contributed by atoms with Crippen molar-refractivity contribution < 1.29 is 22.0 Å². The number of anilines is 2. The highest BCUT2D eigenvalue weighted by atomic mass is 32.1. The van der Waals surface area contributed by atoms with E-state index in [1.54, 1.807) is 24.5 Å². The number of rotatable bonds is 7. The third-order valence-corrected chi connectivity index (χ3v) is 5.44. The number of alkyl halides is 5. The van der Waals surface area contributed by atoms with E-state index in [0.717, 1.165) is 22.8 Å². The zero-order chi connectivity index (χ0) is 29.6. The number of aromatic nitrogens is 4. The van der Waals surface area contributed by atoms with Gasteiger partial charge in [-0.3, -0.25) is 0 Å². The molecule has 1 aromatic carbocycles. The maximum atomic E-state index is 13.6. The van der Waals surface area contributed by atoms with E-state index in [0.29, 0.717) is 29.3 Å². The molecule has 0 fully saturated rings. The van der Waals surface area contributed by atoms with Crippen LogP contribution in [0, 0.1) is 19.8 Å². The summed E-state index contributed by atoms with van der Waals surface area (Å²) >= 11 is 1.35. The van der Waals surface area contributed by atoms with Crippen LogP contribution in [0.5, 0.6) is 0 Å². The van der Waals surface area contributed by atoms with Gasteiger partial charge in [0.1, 0.15) is 5.00 Å². The van der Waals surface area contributed by atoms with E-state index < -0.39 is 17.7 Å². The summed E-state index contributed by atoms with van der Waals surface area (Å²) < 4.78 is 70.6. The third-order valence-electron chi connectivity index (χ3n) is 4.63. The van der Waals surface area contributed by atoms with E-state index >= 15 is 0 Å². The van der Waals surface area contributed by atoms with Gasteiger partial charge in [-0.15, -0.1) is 17.9 Å². The average Bonchev–Trinajstić information content (AvgIpc) is 3.56. The Labute approximate surface area is 229 Å². The average molecular weight is 567 g/mol. The molecule has 6 nitrogen and oxygen atoms in total. The molecule has 0 atom stereocenters. The summed E-state index contributed by atoms with van der Waals surface area (Å²) in [5.41, 5.74) is 1.21. The molecule has 12 heteroatoms. The van der Waals surface area contributed by atoms with Crippen molar-refractivity contribution in [3.63, 3.8) is 0 Å². The van der Waals surface area contributed by atoms with Crippen LogP contribution in [0.25, 0.3) is 16.8 Å². The monoisotopic (exact) mass is 566 g/mol. The first kappa shape index (κ1) is 33.0. The second-order valence-corrected chi connectivity index (χ2v) is 7.84. The van der Waals surface area contributed by atoms with Crippen LogP contribution in [0.15, 0.2) is 60.9 Å². The van der Waals surface area contributed by atoms with Gasteiger partial charge < -0.3 is 10.6 Å². The van der Waals surface area contributed by atoms with Gasteiger partial charge in [-0.25, -0.2) is 4.52 Å². The van der Waals surface area contributed by atoms with Crippen molar-refractivity contribution in [3.05, 3.63) is 72.2 Å². The Hall–Kier alpha value is -3.98. The quantitative estimate of drug-likeness (QED) is 0.175. The molecule has 210 valence electrons. The lowest BCUT2D eigenvalue weighted by Gasteiger charge is -2.20. The summed E-state index contributed by atoms with van der Waals surface area (Å²) in [6, 6.07) is 9.24. The van der Waals surface area contributed by atoms with Crippen molar-refractivity contribution in [2.24, 2.45) is 0 Å². The molecule has 3 aromatic heterocycles. The van der Waals surface area contributed by atoms with Gasteiger partial charge in [0, 0.05) is 23.9 Å². The van der Waals surface area contributed by atoms with Gasteiger partial charge in [0.2, 0.25) is 5.95 Å². The number of pyridine rings is 1. The number of nitrogens with one attached hydrogen (secondary N) is 2. The second kappa shape index (κ2) is 15.4. The van der Waals surface area contributed by atoms with Gasteiger partial charge in [-0.2, -0.15) is 31.3 Å². The summed E-state index contributed by atoms with van der Waals surface area (Å²) in [5, 5.41) is 11.4. The van der Waals surface area contributed by atoms with Crippen LogP contribution in [0.1, 0.15) is 39.0 Å². The summed E-state index contributed by atoms with van der Waals surface area (Å²) in [4.78, 5) is 4.41. The van der Waals surface area contributed by atoms with Crippen molar-refractivity contribution in [1.29, 1.82) is 0 Å². The molecule has 2 N–H and O–H groups in total. The normalized spacial score (nSPS) is 11.0. The number of benzene rings is 1. The number of fused-ring (bicyclic) bond motifs is 1. The molecule has 39 heavy (non-hydrogen) atoms. The minimum Gasteiger partial charge on any atom is -0.353 e. The Balaban J connectivity index is 0.00000119. The number of aryl methyl sites for hydroxylation is 1. The maximum Gasteiger partial charge on any atom is 0.458 e. The van der Waals surface area contributed by atoms with Crippen LogP contribution in [-0.2, 0) is 5.92 Å². The summed E-state index contributed by atoms with van der Waals surface area (Å²) in [7, 11) is 0. The van der Waals surface area contributed by atoms with Crippen molar-refractivity contribution in [2.45, 2.75) is 46.7 Å². The fourth-order valence-electron chi connectivity index (χ4n) is 3.01. The summed E-state index contributed by atoms with van der Waals surface area (Å²) in [6.07, 6.45) is 7.60. The van der Waals surface area contributed by atoms with E-state index in [9.17, 15) is 22.0 Å².